The number of rotatable bonds is 7. The van der Waals surface area contributed by atoms with Crippen LogP contribution in [0.2, 0.25) is 0 Å². The minimum Gasteiger partial charge on any atom is -0.490 e. The topological polar surface area (TPSA) is 75.7 Å². The maximum atomic E-state index is 12.6. The zero-order chi connectivity index (χ0) is 21.7. The van der Waals surface area contributed by atoms with Gasteiger partial charge in [0.2, 0.25) is 5.91 Å². The molecule has 3 rings (SSSR count). The molecule has 3 amide bonds. The van der Waals surface area contributed by atoms with E-state index in [1.807, 2.05) is 32.0 Å². The molecule has 2 aromatic rings. The number of benzene rings is 2. The van der Waals surface area contributed by atoms with Crippen LogP contribution >= 0.6 is 11.8 Å². The van der Waals surface area contributed by atoms with Crippen LogP contribution in [0.15, 0.2) is 60.0 Å². The summed E-state index contributed by atoms with van der Waals surface area (Å²) in [5, 5.41) is 2.31. The van der Waals surface area contributed by atoms with E-state index in [9.17, 15) is 14.4 Å². The van der Waals surface area contributed by atoms with Crippen molar-refractivity contribution >= 4 is 40.6 Å². The molecule has 0 saturated carbocycles. The van der Waals surface area contributed by atoms with Crippen LogP contribution in [-0.2, 0) is 9.59 Å². The summed E-state index contributed by atoms with van der Waals surface area (Å²) in [6.45, 7) is 7.48. The van der Waals surface area contributed by atoms with Crippen LogP contribution in [0.4, 0.5) is 10.5 Å². The molecule has 0 spiro atoms. The van der Waals surface area contributed by atoms with Gasteiger partial charge >= 0.3 is 0 Å². The molecule has 1 N–H and O–H groups in total. The number of aryl methyl sites for hydroxylation is 2. The average molecular weight is 423 g/mol. The second-order valence-corrected chi connectivity index (χ2v) is 7.80. The maximum Gasteiger partial charge on any atom is 0.294 e. The number of amides is 3. The van der Waals surface area contributed by atoms with Crippen LogP contribution in [0.5, 0.6) is 5.75 Å². The zero-order valence-corrected chi connectivity index (χ0v) is 17.6. The van der Waals surface area contributed by atoms with Gasteiger partial charge in [0.15, 0.2) is 0 Å². The standard InChI is InChI=1S/C23H22N2O4S/c1-4-11-29-18-9-7-17(8-10-18)13-20-22(27)25(23(28)30-20)14-21(26)24-19-12-15(2)5-6-16(19)3/h4-10,12-13H,1,11,14H2,2-3H3,(H,24,26)/b20-13+. The Morgan fingerprint density at radius 3 is 2.60 bits per heavy atom. The smallest absolute Gasteiger partial charge is 0.294 e. The number of hydrogen-bond donors (Lipinski definition) is 1. The molecule has 0 atom stereocenters. The molecule has 154 valence electrons. The molecule has 0 bridgehead atoms. The fourth-order valence-electron chi connectivity index (χ4n) is 2.81. The molecule has 6 nitrogen and oxygen atoms in total. The molecule has 2 aromatic carbocycles. The fourth-order valence-corrected chi connectivity index (χ4v) is 3.65. The van der Waals surface area contributed by atoms with Crippen molar-refractivity contribution in [3.05, 3.63) is 76.7 Å². The zero-order valence-electron chi connectivity index (χ0n) is 16.8. The number of carbonyl (C=O) groups excluding carboxylic acids is 3. The molecule has 0 aromatic heterocycles. The Kier molecular flexibility index (Phi) is 6.74. The number of nitrogens with zero attached hydrogens (tertiary/aromatic N) is 1. The maximum absolute atomic E-state index is 12.6. The summed E-state index contributed by atoms with van der Waals surface area (Å²) in [6.07, 6.45) is 3.28. The Bertz CT molecular complexity index is 1030. The lowest BCUT2D eigenvalue weighted by molar-refractivity contribution is -0.127. The predicted octanol–water partition coefficient (Wildman–Crippen LogP) is 4.54. The van der Waals surface area contributed by atoms with E-state index in [-0.39, 0.29) is 11.4 Å². The quantitative estimate of drug-likeness (QED) is 0.524. The number of hydrogen-bond acceptors (Lipinski definition) is 5. The monoisotopic (exact) mass is 422 g/mol. The first-order chi connectivity index (χ1) is 14.4. The van der Waals surface area contributed by atoms with Gasteiger partial charge < -0.3 is 10.1 Å². The number of thioether (sulfide) groups is 1. The molecule has 1 heterocycles. The van der Waals surface area contributed by atoms with E-state index in [4.69, 9.17) is 4.74 Å². The molecule has 0 unspecified atom stereocenters. The third kappa shape index (κ3) is 5.18. The van der Waals surface area contributed by atoms with Crippen LogP contribution in [0.25, 0.3) is 6.08 Å². The van der Waals surface area contributed by atoms with Crippen molar-refractivity contribution < 1.29 is 19.1 Å². The van der Waals surface area contributed by atoms with E-state index < -0.39 is 17.1 Å². The van der Waals surface area contributed by atoms with Crippen molar-refractivity contribution in [1.29, 1.82) is 0 Å². The highest BCUT2D eigenvalue weighted by Crippen LogP contribution is 2.32. The van der Waals surface area contributed by atoms with Gasteiger partial charge in [-0.2, -0.15) is 0 Å². The van der Waals surface area contributed by atoms with Crippen LogP contribution in [0.3, 0.4) is 0 Å². The number of imide groups is 1. The van der Waals surface area contributed by atoms with Crippen molar-refractivity contribution in [3.8, 4) is 5.75 Å². The number of ether oxygens (including phenoxy) is 1. The molecule has 0 aliphatic carbocycles. The Labute approximate surface area is 179 Å². The highest BCUT2D eigenvalue weighted by atomic mass is 32.2. The Hall–Kier alpha value is -3.32. The summed E-state index contributed by atoms with van der Waals surface area (Å²) < 4.78 is 5.43. The molecular formula is C23H22N2O4S. The molecule has 30 heavy (non-hydrogen) atoms. The van der Waals surface area contributed by atoms with E-state index in [1.54, 1.807) is 36.4 Å². The first-order valence-corrected chi connectivity index (χ1v) is 10.2. The molecule has 1 fully saturated rings. The van der Waals surface area contributed by atoms with Crippen LogP contribution < -0.4 is 10.1 Å². The summed E-state index contributed by atoms with van der Waals surface area (Å²) in [6, 6.07) is 12.8. The van der Waals surface area contributed by atoms with Crippen molar-refractivity contribution in [2.45, 2.75) is 13.8 Å². The number of carbonyl (C=O) groups is 3. The predicted molar refractivity (Wildman–Crippen MR) is 119 cm³/mol. The van der Waals surface area contributed by atoms with Crippen LogP contribution in [0.1, 0.15) is 16.7 Å². The van der Waals surface area contributed by atoms with Gasteiger partial charge in [0, 0.05) is 5.69 Å². The van der Waals surface area contributed by atoms with Gasteiger partial charge in [-0.05, 0) is 66.6 Å². The van der Waals surface area contributed by atoms with Crippen LogP contribution in [-0.4, -0.2) is 35.1 Å². The lowest BCUT2D eigenvalue weighted by Crippen LogP contribution is -2.36. The van der Waals surface area contributed by atoms with E-state index in [1.165, 1.54) is 0 Å². The minimum atomic E-state index is -0.479. The second-order valence-electron chi connectivity index (χ2n) is 6.80. The third-order valence-electron chi connectivity index (χ3n) is 4.39. The molecule has 1 aliphatic rings. The number of nitrogens with one attached hydrogen (secondary N) is 1. The summed E-state index contributed by atoms with van der Waals surface area (Å²) in [5.74, 6) is -0.215. The molecule has 7 heteroatoms. The van der Waals surface area contributed by atoms with E-state index in [0.29, 0.717) is 18.0 Å². The highest BCUT2D eigenvalue weighted by Gasteiger charge is 2.36. The third-order valence-corrected chi connectivity index (χ3v) is 5.30. The lowest BCUT2D eigenvalue weighted by atomic mass is 10.1. The largest absolute Gasteiger partial charge is 0.490 e. The normalized spacial score (nSPS) is 14.9. The van der Waals surface area contributed by atoms with Crippen molar-refractivity contribution in [2.75, 3.05) is 18.5 Å². The summed E-state index contributed by atoms with van der Waals surface area (Å²) in [4.78, 5) is 38.6. The van der Waals surface area contributed by atoms with Crippen molar-refractivity contribution in [1.82, 2.24) is 4.90 Å². The number of anilines is 1. The Morgan fingerprint density at radius 1 is 1.17 bits per heavy atom. The summed E-state index contributed by atoms with van der Waals surface area (Å²) in [5.41, 5.74) is 3.34. The highest BCUT2D eigenvalue weighted by molar-refractivity contribution is 8.18. The summed E-state index contributed by atoms with van der Waals surface area (Å²) in [7, 11) is 0. The molecule has 1 aliphatic heterocycles. The SMILES string of the molecule is C=CCOc1ccc(/C=C2/SC(=O)N(CC(=O)Nc3cc(C)ccc3C)C2=O)cc1. The summed E-state index contributed by atoms with van der Waals surface area (Å²) >= 11 is 0.823. The minimum absolute atomic E-state index is 0.277. The van der Waals surface area contributed by atoms with Gasteiger partial charge in [-0.3, -0.25) is 19.3 Å². The Balaban J connectivity index is 1.66. The molecular weight excluding hydrogens is 400 g/mol. The van der Waals surface area contributed by atoms with Gasteiger partial charge in [0.25, 0.3) is 11.1 Å². The van der Waals surface area contributed by atoms with E-state index in [2.05, 4.69) is 11.9 Å². The fraction of sp³-hybridized carbons (Fsp3) is 0.174. The van der Waals surface area contributed by atoms with Crippen molar-refractivity contribution in [2.24, 2.45) is 0 Å². The average Bonchev–Trinajstić information content (AvgIpc) is 2.97. The molecule has 1 saturated heterocycles. The van der Waals surface area contributed by atoms with E-state index in [0.717, 1.165) is 33.4 Å². The van der Waals surface area contributed by atoms with Gasteiger partial charge in [-0.25, -0.2) is 0 Å². The van der Waals surface area contributed by atoms with Gasteiger partial charge in [-0.15, -0.1) is 0 Å². The van der Waals surface area contributed by atoms with E-state index >= 15 is 0 Å². The van der Waals surface area contributed by atoms with Gasteiger partial charge in [0.1, 0.15) is 18.9 Å². The first kappa shape index (κ1) is 21.4. The second kappa shape index (κ2) is 9.45. The Morgan fingerprint density at radius 2 is 1.90 bits per heavy atom. The van der Waals surface area contributed by atoms with Gasteiger partial charge in [-0.1, -0.05) is 36.9 Å². The van der Waals surface area contributed by atoms with Crippen LogP contribution in [0, 0.1) is 13.8 Å². The lowest BCUT2D eigenvalue weighted by Gasteiger charge is -2.14. The van der Waals surface area contributed by atoms with Gasteiger partial charge in [0.05, 0.1) is 4.91 Å². The molecule has 0 radical (unpaired) electrons. The first-order valence-electron chi connectivity index (χ1n) is 9.33. The van der Waals surface area contributed by atoms with Crippen molar-refractivity contribution in [3.63, 3.8) is 0 Å².